The summed E-state index contributed by atoms with van der Waals surface area (Å²) in [5.41, 5.74) is 8.28. The fraction of sp³-hybridized carbons (Fsp3) is 0.750. The van der Waals surface area contributed by atoms with E-state index < -0.39 is 0 Å². The molecule has 1 rings (SSSR count). The van der Waals surface area contributed by atoms with Crippen LogP contribution in [0.2, 0.25) is 0 Å². The Labute approximate surface area is 128 Å². The lowest BCUT2D eigenvalue weighted by molar-refractivity contribution is -0.135. The van der Waals surface area contributed by atoms with Crippen molar-refractivity contribution in [3.63, 3.8) is 0 Å². The number of carbonyl (C=O) groups is 1. The molecule has 0 aliphatic carbocycles. The van der Waals surface area contributed by atoms with Crippen molar-refractivity contribution in [2.24, 2.45) is 5.92 Å². The Bertz CT molecular complexity index is 475. The molecule has 0 bridgehead atoms. The number of hydrogen-bond acceptors (Lipinski definition) is 3. The summed E-state index contributed by atoms with van der Waals surface area (Å²) in [7, 11) is 0. The van der Waals surface area contributed by atoms with Crippen LogP contribution >= 0.6 is 0 Å². The highest BCUT2D eigenvalue weighted by Crippen LogP contribution is 2.17. The van der Waals surface area contributed by atoms with Crippen LogP contribution in [-0.4, -0.2) is 33.2 Å². The van der Waals surface area contributed by atoms with Gasteiger partial charge in [0.1, 0.15) is 6.54 Å². The average molecular weight is 294 g/mol. The molecule has 0 aliphatic rings. The third kappa shape index (κ3) is 4.22. The molecule has 1 aromatic rings. The monoisotopic (exact) mass is 294 g/mol. The van der Waals surface area contributed by atoms with E-state index in [0.717, 1.165) is 30.8 Å². The van der Waals surface area contributed by atoms with E-state index in [0.29, 0.717) is 17.6 Å². The molecular formula is C16H30N4O. The number of nitrogens with zero attached hydrogens (tertiary/aromatic N) is 3. The summed E-state index contributed by atoms with van der Waals surface area (Å²) in [4.78, 5) is 14.7. The van der Waals surface area contributed by atoms with Gasteiger partial charge in [-0.25, -0.2) is 0 Å². The second-order valence-electron chi connectivity index (χ2n) is 6.15. The molecule has 0 spiro atoms. The Morgan fingerprint density at radius 2 is 1.86 bits per heavy atom. The molecule has 0 aromatic carbocycles. The Morgan fingerprint density at radius 3 is 2.24 bits per heavy atom. The highest BCUT2D eigenvalue weighted by Gasteiger charge is 2.23. The average Bonchev–Trinajstić information content (AvgIpc) is 2.66. The van der Waals surface area contributed by atoms with Gasteiger partial charge in [-0.15, -0.1) is 0 Å². The SMILES string of the molecule is CCC(CC)N(CC(C)C)C(=O)Cn1nc(C)c(N)c1C. The number of anilines is 1. The molecule has 0 saturated heterocycles. The van der Waals surface area contributed by atoms with Crippen molar-refractivity contribution in [1.29, 1.82) is 0 Å². The fourth-order valence-corrected chi connectivity index (χ4v) is 2.66. The van der Waals surface area contributed by atoms with E-state index in [-0.39, 0.29) is 12.5 Å². The summed E-state index contributed by atoms with van der Waals surface area (Å²) in [6, 6.07) is 0.300. The van der Waals surface area contributed by atoms with Crippen molar-refractivity contribution in [1.82, 2.24) is 14.7 Å². The smallest absolute Gasteiger partial charge is 0.244 e. The summed E-state index contributed by atoms with van der Waals surface area (Å²) in [5, 5.41) is 4.37. The zero-order valence-corrected chi connectivity index (χ0v) is 14.3. The van der Waals surface area contributed by atoms with E-state index in [4.69, 9.17) is 5.73 Å². The summed E-state index contributed by atoms with van der Waals surface area (Å²) in [6.45, 7) is 13.4. The zero-order chi connectivity index (χ0) is 16.2. The number of aromatic nitrogens is 2. The first-order valence-electron chi connectivity index (χ1n) is 7.90. The minimum Gasteiger partial charge on any atom is -0.396 e. The summed E-state index contributed by atoms with van der Waals surface area (Å²) in [6.07, 6.45) is 1.96. The quantitative estimate of drug-likeness (QED) is 0.841. The Balaban J connectivity index is 2.92. The first-order valence-corrected chi connectivity index (χ1v) is 7.90. The molecule has 1 amide bonds. The molecule has 0 unspecified atom stereocenters. The van der Waals surface area contributed by atoms with Crippen LogP contribution in [0.4, 0.5) is 5.69 Å². The van der Waals surface area contributed by atoms with Crippen molar-refractivity contribution >= 4 is 11.6 Å². The lowest BCUT2D eigenvalue weighted by Gasteiger charge is -2.32. The van der Waals surface area contributed by atoms with Gasteiger partial charge in [0, 0.05) is 12.6 Å². The molecule has 5 nitrogen and oxygen atoms in total. The number of carbonyl (C=O) groups excluding carboxylic acids is 1. The van der Waals surface area contributed by atoms with E-state index in [2.05, 4.69) is 32.8 Å². The van der Waals surface area contributed by atoms with Gasteiger partial charge < -0.3 is 10.6 Å². The lowest BCUT2D eigenvalue weighted by atomic mass is 10.1. The second kappa shape index (κ2) is 7.48. The van der Waals surface area contributed by atoms with Crippen LogP contribution in [0.3, 0.4) is 0 Å². The zero-order valence-electron chi connectivity index (χ0n) is 14.3. The number of amides is 1. The highest BCUT2D eigenvalue weighted by molar-refractivity contribution is 5.76. The minimum absolute atomic E-state index is 0.128. The molecule has 0 fully saturated rings. The molecule has 0 atom stereocenters. The third-order valence-electron chi connectivity index (χ3n) is 3.99. The van der Waals surface area contributed by atoms with Crippen LogP contribution < -0.4 is 5.73 Å². The van der Waals surface area contributed by atoms with Crippen LogP contribution in [-0.2, 0) is 11.3 Å². The van der Waals surface area contributed by atoms with Crippen LogP contribution in [0.1, 0.15) is 51.9 Å². The van der Waals surface area contributed by atoms with Gasteiger partial charge in [0.05, 0.1) is 17.1 Å². The fourth-order valence-electron chi connectivity index (χ4n) is 2.66. The second-order valence-corrected chi connectivity index (χ2v) is 6.15. The molecule has 5 heteroatoms. The topological polar surface area (TPSA) is 64.2 Å². The maximum atomic E-state index is 12.7. The highest BCUT2D eigenvalue weighted by atomic mass is 16.2. The molecule has 21 heavy (non-hydrogen) atoms. The van der Waals surface area contributed by atoms with Gasteiger partial charge in [0.15, 0.2) is 0 Å². The van der Waals surface area contributed by atoms with Crippen molar-refractivity contribution in [2.45, 2.75) is 67.0 Å². The van der Waals surface area contributed by atoms with Crippen molar-refractivity contribution in [3.8, 4) is 0 Å². The normalized spacial score (nSPS) is 11.4. The van der Waals surface area contributed by atoms with E-state index in [1.54, 1.807) is 4.68 Å². The Morgan fingerprint density at radius 1 is 1.29 bits per heavy atom. The molecular weight excluding hydrogens is 264 g/mol. The molecule has 2 N–H and O–H groups in total. The van der Waals surface area contributed by atoms with Crippen molar-refractivity contribution < 1.29 is 4.79 Å². The summed E-state index contributed by atoms with van der Waals surface area (Å²) < 4.78 is 1.72. The summed E-state index contributed by atoms with van der Waals surface area (Å²) >= 11 is 0. The maximum Gasteiger partial charge on any atom is 0.244 e. The van der Waals surface area contributed by atoms with Gasteiger partial charge in [0.25, 0.3) is 0 Å². The van der Waals surface area contributed by atoms with E-state index in [1.165, 1.54) is 0 Å². The van der Waals surface area contributed by atoms with Crippen LogP contribution in [0, 0.1) is 19.8 Å². The van der Waals surface area contributed by atoms with Gasteiger partial charge in [-0.3, -0.25) is 9.48 Å². The maximum absolute atomic E-state index is 12.7. The molecule has 0 saturated carbocycles. The number of hydrogen-bond donors (Lipinski definition) is 1. The van der Waals surface area contributed by atoms with Gasteiger partial charge in [0.2, 0.25) is 5.91 Å². The number of nitrogen functional groups attached to an aromatic ring is 1. The van der Waals surface area contributed by atoms with Gasteiger partial charge in [-0.2, -0.15) is 5.10 Å². The first kappa shape index (κ1) is 17.5. The van der Waals surface area contributed by atoms with Gasteiger partial charge in [-0.1, -0.05) is 27.7 Å². The number of nitrogens with two attached hydrogens (primary N) is 1. The van der Waals surface area contributed by atoms with Gasteiger partial charge >= 0.3 is 0 Å². The van der Waals surface area contributed by atoms with Crippen molar-refractivity contribution in [2.75, 3.05) is 12.3 Å². The Hall–Kier alpha value is -1.52. The van der Waals surface area contributed by atoms with Crippen LogP contribution in [0.5, 0.6) is 0 Å². The molecule has 0 aliphatic heterocycles. The third-order valence-corrected chi connectivity index (χ3v) is 3.99. The molecule has 1 heterocycles. The van der Waals surface area contributed by atoms with E-state index in [9.17, 15) is 4.79 Å². The number of aryl methyl sites for hydroxylation is 1. The first-order chi connectivity index (χ1) is 9.81. The Kier molecular flexibility index (Phi) is 6.24. The summed E-state index contributed by atoms with van der Waals surface area (Å²) in [5.74, 6) is 0.586. The largest absolute Gasteiger partial charge is 0.396 e. The molecule has 0 radical (unpaired) electrons. The molecule has 120 valence electrons. The lowest BCUT2D eigenvalue weighted by Crippen LogP contribution is -2.43. The van der Waals surface area contributed by atoms with Crippen LogP contribution in [0.15, 0.2) is 0 Å². The predicted molar refractivity (Wildman–Crippen MR) is 87.0 cm³/mol. The van der Waals surface area contributed by atoms with Gasteiger partial charge in [-0.05, 0) is 32.6 Å². The van der Waals surface area contributed by atoms with E-state index >= 15 is 0 Å². The molecule has 1 aromatic heterocycles. The van der Waals surface area contributed by atoms with Crippen LogP contribution in [0.25, 0.3) is 0 Å². The number of rotatable bonds is 7. The predicted octanol–water partition coefficient (Wildman–Crippen LogP) is 2.76. The minimum atomic E-state index is 0.128. The van der Waals surface area contributed by atoms with Crippen molar-refractivity contribution in [3.05, 3.63) is 11.4 Å². The van der Waals surface area contributed by atoms with E-state index in [1.807, 2.05) is 18.7 Å². The standard InChI is InChI=1S/C16H30N4O/c1-7-14(8-2)19(9-11(3)4)15(21)10-20-13(6)16(17)12(5)18-20/h11,14H,7-10,17H2,1-6H3.